The number of carbonyl (C=O) groups excluding carboxylic acids is 1. The lowest BCUT2D eigenvalue weighted by Gasteiger charge is -2.18. The van der Waals surface area contributed by atoms with Crippen LogP contribution < -0.4 is 11.6 Å². The van der Waals surface area contributed by atoms with Gasteiger partial charge >= 0.3 is 0 Å². The number of halogens is 2. The maximum atomic E-state index is 10.2. The van der Waals surface area contributed by atoms with E-state index in [-0.39, 0.29) is 0 Å². The van der Waals surface area contributed by atoms with E-state index in [9.17, 15) is 4.79 Å². The third-order valence-electron chi connectivity index (χ3n) is 0.683. The summed E-state index contributed by atoms with van der Waals surface area (Å²) < 4.78 is -0.760. The monoisotopic (exact) mass is 356 g/mol. The zero-order valence-electron chi connectivity index (χ0n) is 4.38. The maximum Gasteiger partial charge on any atom is 0.169 e. The Morgan fingerprint density at radius 1 is 1.67 bits per heavy atom. The Hall–Kier alpha value is 1.01. The van der Waals surface area contributed by atoms with E-state index in [1.807, 2.05) is 45.2 Å². The van der Waals surface area contributed by atoms with Gasteiger partial charge in [0, 0.05) is 0 Å². The zero-order chi connectivity index (χ0) is 7.49. The number of hydrogen-bond acceptors (Lipinski definition) is 4. The molecule has 0 aromatic heterocycles. The molecule has 0 saturated carbocycles. The molecule has 54 valence electrons. The van der Waals surface area contributed by atoms with Crippen LogP contribution in [-0.4, -0.2) is 13.9 Å². The van der Waals surface area contributed by atoms with Crippen LogP contribution >= 0.6 is 45.2 Å². The fraction of sp³-hybridized carbons (Fsp3) is 0.667. The number of rotatable bonds is 3. The lowest BCUT2D eigenvalue weighted by Crippen LogP contribution is -2.43. The molecule has 1 atom stereocenters. The van der Waals surface area contributed by atoms with Crippen molar-refractivity contribution >= 4 is 51.5 Å². The summed E-state index contributed by atoms with van der Waals surface area (Å²) >= 11 is 3.71. The van der Waals surface area contributed by atoms with Gasteiger partial charge in [-0.05, 0) is 0 Å². The summed E-state index contributed by atoms with van der Waals surface area (Å²) in [6, 6.07) is 0. The molecule has 1 unspecified atom stereocenters. The van der Waals surface area contributed by atoms with E-state index >= 15 is 0 Å². The van der Waals surface area contributed by atoms with Crippen LogP contribution in [0.2, 0.25) is 0 Å². The summed E-state index contributed by atoms with van der Waals surface area (Å²) in [4.78, 5) is 14.4. The molecule has 0 radical (unpaired) electrons. The van der Waals surface area contributed by atoms with E-state index in [0.29, 0.717) is 6.29 Å². The fourth-order valence-corrected chi connectivity index (χ4v) is 0.451. The molecule has 0 rings (SSSR count). The van der Waals surface area contributed by atoms with Crippen LogP contribution in [0.5, 0.6) is 0 Å². The number of aldehydes is 1. The molecular weight excluding hydrogens is 350 g/mol. The quantitative estimate of drug-likeness (QED) is 0.244. The van der Waals surface area contributed by atoms with Crippen molar-refractivity contribution in [2.24, 2.45) is 11.6 Å². The maximum absolute atomic E-state index is 10.2. The molecular formula is C3H6I2N2O2. The van der Waals surface area contributed by atoms with Gasteiger partial charge < -0.3 is 10.5 Å². The second-order valence-corrected chi connectivity index (χ2v) is 6.98. The Labute approximate surface area is 79.9 Å². The molecule has 0 heterocycles. The van der Waals surface area contributed by atoms with Crippen LogP contribution in [0.25, 0.3) is 0 Å². The van der Waals surface area contributed by atoms with Gasteiger partial charge in [-0.1, -0.05) is 45.2 Å². The number of carbonyl (C=O) groups is 1. The van der Waals surface area contributed by atoms with Gasteiger partial charge in [0.25, 0.3) is 0 Å². The fourth-order valence-electron chi connectivity index (χ4n) is 0.158. The second kappa shape index (κ2) is 4.01. The zero-order valence-corrected chi connectivity index (χ0v) is 8.70. The van der Waals surface area contributed by atoms with Crippen LogP contribution in [0.15, 0.2) is 0 Å². The smallest absolute Gasteiger partial charge is 0.169 e. The Bertz CT molecular complexity index is 108. The molecule has 0 aromatic carbocycles. The molecule has 0 fully saturated rings. The first-order valence-electron chi connectivity index (χ1n) is 2.00. The largest absolute Gasteiger partial charge is 0.302 e. The van der Waals surface area contributed by atoms with Crippen molar-refractivity contribution < 1.29 is 9.63 Å². The highest BCUT2D eigenvalue weighted by Gasteiger charge is 2.30. The summed E-state index contributed by atoms with van der Waals surface area (Å²) in [6.07, 6.45) is -0.0674. The number of alkyl halides is 2. The van der Waals surface area contributed by atoms with Gasteiger partial charge in [-0.2, -0.15) is 0 Å². The van der Waals surface area contributed by atoms with E-state index in [0.717, 1.165) is 0 Å². The summed E-state index contributed by atoms with van der Waals surface area (Å²) in [5.74, 6) is 4.74. The van der Waals surface area contributed by atoms with E-state index in [1.54, 1.807) is 0 Å². The van der Waals surface area contributed by atoms with Crippen LogP contribution in [0.4, 0.5) is 0 Å². The number of nitrogens with two attached hydrogens (primary N) is 2. The Kier molecular flexibility index (Phi) is 4.46. The van der Waals surface area contributed by atoms with Gasteiger partial charge in [-0.25, -0.2) is 5.90 Å². The predicted molar refractivity (Wildman–Crippen MR) is 50.1 cm³/mol. The lowest BCUT2D eigenvalue weighted by molar-refractivity contribution is -0.109. The first-order chi connectivity index (χ1) is 4.04. The highest BCUT2D eigenvalue weighted by molar-refractivity contribution is 14.2. The van der Waals surface area contributed by atoms with Crippen LogP contribution in [0.1, 0.15) is 0 Å². The molecule has 4 nitrogen and oxygen atoms in total. The standard InChI is InChI=1S/C3H6I2N2O2/c4-3(5,1-8)2(6)9-7/h1-2H,6-7H2. The summed E-state index contributed by atoms with van der Waals surface area (Å²) in [7, 11) is 0. The molecule has 0 bridgehead atoms. The molecule has 0 aliphatic heterocycles. The van der Waals surface area contributed by atoms with E-state index in [4.69, 9.17) is 11.6 Å². The average molecular weight is 356 g/mol. The van der Waals surface area contributed by atoms with Gasteiger partial charge in [0.05, 0.1) is 0 Å². The SMILES string of the molecule is NOC(N)C(I)(I)C=O. The van der Waals surface area contributed by atoms with Gasteiger partial charge in [-0.3, -0.25) is 4.84 Å². The Balaban J connectivity index is 3.95. The van der Waals surface area contributed by atoms with Gasteiger partial charge in [0.1, 0.15) is 6.29 Å². The minimum atomic E-state index is -0.760. The van der Waals surface area contributed by atoms with Crippen LogP contribution in [0.3, 0.4) is 0 Å². The van der Waals surface area contributed by atoms with E-state index < -0.39 is 7.66 Å². The van der Waals surface area contributed by atoms with E-state index in [2.05, 4.69) is 4.84 Å². The predicted octanol–water partition coefficient (Wildman–Crippen LogP) is -0.0733. The van der Waals surface area contributed by atoms with Crippen LogP contribution in [0, 0.1) is 0 Å². The van der Waals surface area contributed by atoms with Gasteiger partial charge in [0.15, 0.2) is 7.66 Å². The van der Waals surface area contributed by atoms with Crippen LogP contribution in [-0.2, 0) is 9.63 Å². The molecule has 0 aliphatic carbocycles. The van der Waals surface area contributed by atoms with Crippen molar-refractivity contribution in [3.8, 4) is 0 Å². The Morgan fingerprint density at radius 2 is 2.11 bits per heavy atom. The summed E-state index contributed by atoms with van der Waals surface area (Å²) in [5.41, 5.74) is 5.27. The first kappa shape index (κ1) is 10.0. The van der Waals surface area contributed by atoms with Gasteiger partial charge in [-0.15, -0.1) is 0 Å². The minimum Gasteiger partial charge on any atom is -0.302 e. The molecule has 4 N–H and O–H groups in total. The first-order valence-corrected chi connectivity index (χ1v) is 4.15. The average Bonchev–Trinajstić information content (AvgIpc) is 1.86. The molecule has 0 aliphatic rings. The summed E-state index contributed by atoms with van der Waals surface area (Å²) in [5, 5.41) is 0. The molecule has 6 heteroatoms. The lowest BCUT2D eigenvalue weighted by atomic mass is 10.4. The molecule has 9 heavy (non-hydrogen) atoms. The summed E-state index contributed by atoms with van der Waals surface area (Å²) in [6.45, 7) is 0. The van der Waals surface area contributed by atoms with Crippen molar-refractivity contribution in [1.29, 1.82) is 0 Å². The molecule has 0 amide bonds. The van der Waals surface area contributed by atoms with E-state index in [1.165, 1.54) is 0 Å². The second-order valence-electron chi connectivity index (χ2n) is 1.35. The highest BCUT2D eigenvalue weighted by Crippen LogP contribution is 2.27. The highest BCUT2D eigenvalue weighted by atomic mass is 127. The Morgan fingerprint density at radius 3 is 2.22 bits per heavy atom. The topological polar surface area (TPSA) is 78.3 Å². The normalized spacial score (nSPS) is 15.1. The molecule has 0 aromatic rings. The van der Waals surface area contributed by atoms with Crippen molar-refractivity contribution in [2.75, 3.05) is 0 Å². The van der Waals surface area contributed by atoms with Crippen molar-refractivity contribution in [3.63, 3.8) is 0 Å². The molecule has 0 spiro atoms. The number of hydrogen-bond donors (Lipinski definition) is 2. The van der Waals surface area contributed by atoms with Crippen molar-refractivity contribution in [1.82, 2.24) is 0 Å². The third kappa shape index (κ3) is 3.07. The minimum absolute atomic E-state index is 0.686. The third-order valence-corrected chi connectivity index (χ3v) is 2.42. The molecule has 0 saturated heterocycles. The van der Waals surface area contributed by atoms with Crippen molar-refractivity contribution in [2.45, 2.75) is 7.66 Å². The van der Waals surface area contributed by atoms with Crippen molar-refractivity contribution in [3.05, 3.63) is 0 Å². The van der Waals surface area contributed by atoms with Gasteiger partial charge in [0.2, 0.25) is 0 Å².